The molecule has 1 amide bonds. The molecule has 1 heterocycles. The first kappa shape index (κ1) is 12.6. The average molecular weight is 249 g/mol. The van der Waals surface area contributed by atoms with Crippen LogP contribution in [0.1, 0.15) is 12.0 Å². The van der Waals surface area contributed by atoms with Gasteiger partial charge in [-0.25, -0.2) is 8.78 Å². The number of carbonyl (C=O) groups excluding carboxylic acids is 1. The first-order chi connectivity index (χ1) is 8.58. The zero-order valence-electron chi connectivity index (χ0n) is 9.83. The highest BCUT2D eigenvalue weighted by atomic mass is 19.1. The second-order valence-corrected chi connectivity index (χ2v) is 4.44. The molecule has 1 saturated heterocycles. The van der Waals surface area contributed by atoms with Crippen molar-refractivity contribution in [3.63, 3.8) is 0 Å². The molecule has 0 spiro atoms. The van der Waals surface area contributed by atoms with E-state index >= 15 is 0 Å². The number of nitrogens with zero attached hydrogens (tertiary/aromatic N) is 1. The first-order valence-electron chi connectivity index (χ1n) is 5.77. The van der Waals surface area contributed by atoms with Crippen LogP contribution < -0.4 is 0 Å². The van der Waals surface area contributed by atoms with Gasteiger partial charge in [0.15, 0.2) is 0 Å². The molecule has 1 aliphatic rings. The predicted molar refractivity (Wildman–Crippen MR) is 63.6 cm³/mol. The lowest BCUT2D eigenvalue weighted by Gasteiger charge is -2.15. The number of amides is 1. The summed E-state index contributed by atoms with van der Waals surface area (Å²) in [5.41, 5.74) is 0.546. The fourth-order valence-corrected chi connectivity index (χ4v) is 2.12. The Morgan fingerprint density at radius 3 is 2.56 bits per heavy atom. The lowest BCUT2D eigenvalue weighted by atomic mass is 10.1. The summed E-state index contributed by atoms with van der Waals surface area (Å²) in [6.07, 6.45) is 6.07. The van der Waals surface area contributed by atoms with Gasteiger partial charge in [0.25, 0.3) is 0 Å². The number of hydrogen-bond donors (Lipinski definition) is 0. The zero-order chi connectivity index (χ0) is 13.1. The van der Waals surface area contributed by atoms with Crippen LogP contribution in [-0.4, -0.2) is 23.9 Å². The van der Waals surface area contributed by atoms with Gasteiger partial charge >= 0.3 is 0 Å². The Balaban J connectivity index is 1.96. The zero-order valence-corrected chi connectivity index (χ0v) is 9.83. The summed E-state index contributed by atoms with van der Waals surface area (Å²) in [6.45, 7) is 0.979. The highest BCUT2D eigenvalue weighted by Gasteiger charge is 2.27. The van der Waals surface area contributed by atoms with E-state index in [2.05, 4.69) is 5.92 Å². The number of benzene rings is 1. The minimum atomic E-state index is -0.598. The molecule has 18 heavy (non-hydrogen) atoms. The third kappa shape index (κ3) is 2.86. The summed E-state index contributed by atoms with van der Waals surface area (Å²) in [4.78, 5) is 13.2. The maximum atomic E-state index is 13.0. The second-order valence-electron chi connectivity index (χ2n) is 4.44. The standard InChI is InChI=1S/C14H13F2NO/c1-2-10-7-14(18)17(9-10)4-3-11-5-12(15)8-13(16)6-11/h1,5-6,8,10H,3-4,7,9H2. The van der Waals surface area contributed by atoms with Gasteiger partial charge in [-0.3, -0.25) is 4.79 Å². The topological polar surface area (TPSA) is 20.3 Å². The third-order valence-corrected chi connectivity index (χ3v) is 3.04. The van der Waals surface area contributed by atoms with Crippen molar-refractivity contribution in [1.82, 2.24) is 4.90 Å². The molecule has 0 N–H and O–H groups in total. The molecule has 0 aliphatic carbocycles. The Hall–Kier alpha value is -1.89. The molecule has 2 nitrogen and oxygen atoms in total. The van der Waals surface area contributed by atoms with Gasteiger partial charge in [0.05, 0.1) is 0 Å². The first-order valence-corrected chi connectivity index (χ1v) is 5.77. The minimum absolute atomic E-state index is 0.00910. The van der Waals surface area contributed by atoms with Crippen LogP contribution in [0.15, 0.2) is 18.2 Å². The normalized spacial score (nSPS) is 19.1. The monoisotopic (exact) mass is 249 g/mol. The number of hydrogen-bond acceptors (Lipinski definition) is 1. The van der Waals surface area contributed by atoms with Crippen LogP contribution in [0.4, 0.5) is 8.78 Å². The molecule has 1 unspecified atom stereocenters. The smallest absolute Gasteiger partial charge is 0.223 e. The summed E-state index contributed by atoms with van der Waals surface area (Å²) in [5, 5.41) is 0. The number of terminal acetylenes is 1. The van der Waals surface area contributed by atoms with Crippen LogP contribution in [0.5, 0.6) is 0 Å². The number of likely N-dealkylation sites (tertiary alicyclic amines) is 1. The SMILES string of the molecule is C#CC1CC(=O)N(CCc2cc(F)cc(F)c2)C1. The third-order valence-electron chi connectivity index (χ3n) is 3.04. The Morgan fingerprint density at radius 1 is 1.33 bits per heavy atom. The van der Waals surface area contributed by atoms with E-state index in [9.17, 15) is 13.6 Å². The molecule has 0 radical (unpaired) electrons. The molecule has 0 bridgehead atoms. The Bertz CT molecular complexity index is 487. The van der Waals surface area contributed by atoms with E-state index in [1.54, 1.807) is 4.90 Å². The van der Waals surface area contributed by atoms with E-state index in [1.807, 2.05) is 0 Å². The highest BCUT2D eigenvalue weighted by Crippen LogP contribution is 2.17. The van der Waals surface area contributed by atoms with E-state index < -0.39 is 11.6 Å². The van der Waals surface area contributed by atoms with Crippen LogP contribution in [0.2, 0.25) is 0 Å². The van der Waals surface area contributed by atoms with Gasteiger partial charge in [0, 0.05) is 31.5 Å². The quantitative estimate of drug-likeness (QED) is 0.750. The van der Waals surface area contributed by atoms with Crippen molar-refractivity contribution >= 4 is 5.91 Å². The van der Waals surface area contributed by atoms with E-state index in [0.717, 1.165) is 6.07 Å². The van der Waals surface area contributed by atoms with E-state index in [-0.39, 0.29) is 11.8 Å². The van der Waals surface area contributed by atoms with Crippen molar-refractivity contribution < 1.29 is 13.6 Å². The van der Waals surface area contributed by atoms with Crippen molar-refractivity contribution in [3.05, 3.63) is 35.4 Å². The van der Waals surface area contributed by atoms with Crippen LogP contribution in [0.25, 0.3) is 0 Å². The van der Waals surface area contributed by atoms with Gasteiger partial charge in [-0.05, 0) is 24.1 Å². The molecule has 1 aromatic carbocycles. The fraction of sp³-hybridized carbons (Fsp3) is 0.357. The summed E-state index contributed by atoms with van der Waals surface area (Å²) < 4.78 is 25.9. The van der Waals surface area contributed by atoms with Crippen LogP contribution in [-0.2, 0) is 11.2 Å². The Labute approximate surface area is 105 Å². The lowest BCUT2D eigenvalue weighted by Crippen LogP contribution is -2.27. The molecule has 1 atom stereocenters. The molecule has 0 saturated carbocycles. The predicted octanol–water partition coefficient (Wildman–Crippen LogP) is 1.99. The summed E-state index contributed by atoms with van der Waals surface area (Å²) >= 11 is 0. The van der Waals surface area contributed by atoms with Crippen molar-refractivity contribution in [1.29, 1.82) is 0 Å². The van der Waals surface area contributed by atoms with Gasteiger partial charge in [-0.2, -0.15) is 0 Å². The molecule has 2 rings (SSSR count). The van der Waals surface area contributed by atoms with Gasteiger partial charge in [0.2, 0.25) is 5.91 Å². The van der Waals surface area contributed by atoms with Crippen molar-refractivity contribution in [2.45, 2.75) is 12.8 Å². The molecular weight excluding hydrogens is 236 g/mol. The van der Waals surface area contributed by atoms with E-state index in [0.29, 0.717) is 31.5 Å². The van der Waals surface area contributed by atoms with Crippen molar-refractivity contribution in [3.8, 4) is 12.3 Å². The van der Waals surface area contributed by atoms with Gasteiger partial charge in [-0.1, -0.05) is 0 Å². The molecule has 4 heteroatoms. The summed E-state index contributed by atoms with van der Waals surface area (Å²) in [6, 6.07) is 3.39. The highest BCUT2D eigenvalue weighted by molar-refractivity contribution is 5.79. The van der Waals surface area contributed by atoms with E-state index in [1.165, 1.54) is 12.1 Å². The van der Waals surface area contributed by atoms with Crippen molar-refractivity contribution in [2.24, 2.45) is 5.92 Å². The van der Waals surface area contributed by atoms with Gasteiger partial charge in [0.1, 0.15) is 11.6 Å². The Morgan fingerprint density at radius 2 is 2.00 bits per heavy atom. The van der Waals surface area contributed by atoms with E-state index in [4.69, 9.17) is 6.42 Å². The molecule has 1 aromatic rings. The average Bonchev–Trinajstić information content (AvgIpc) is 2.66. The van der Waals surface area contributed by atoms with Crippen molar-refractivity contribution in [2.75, 3.05) is 13.1 Å². The Kier molecular flexibility index (Phi) is 3.61. The number of carbonyl (C=O) groups is 1. The molecule has 1 fully saturated rings. The minimum Gasteiger partial charge on any atom is -0.341 e. The molecular formula is C14H13F2NO. The molecule has 1 aliphatic heterocycles. The van der Waals surface area contributed by atoms with Crippen LogP contribution >= 0.6 is 0 Å². The lowest BCUT2D eigenvalue weighted by molar-refractivity contribution is -0.127. The van der Waals surface area contributed by atoms with Gasteiger partial charge < -0.3 is 4.90 Å². The number of rotatable bonds is 3. The fourth-order valence-electron chi connectivity index (χ4n) is 2.12. The largest absolute Gasteiger partial charge is 0.341 e. The molecule has 94 valence electrons. The van der Waals surface area contributed by atoms with Crippen LogP contribution in [0.3, 0.4) is 0 Å². The molecule has 0 aromatic heterocycles. The summed E-state index contributed by atoms with van der Waals surface area (Å²) in [5.74, 6) is 1.33. The number of halogens is 2. The van der Waals surface area contributed by atoms with Crippen LogP contribution in [0, 0.1) is 29.9 Å². The van der Waals surface area contributed by atoms with Gasteiger partial charge in [-0.15, -0.1) is 12.3 Å². The second kappa shape index (κ2) is 5.18. The summed E-state index contributed by atoms with van der Waals surface area (Å²) in [7, 11) is 0. The maximum Gasteiger partial charge on any atom is 0.223 e. The maximum absolute atomic E-state index is 13.0.